The van der Waals surface area contributed by atoms with Crippen LogP contribution in [0, 0.1) is 6.92 Å². The van der Waals surface area contributed by atoms with Crippen molar-refractivity contribution in [2.24, 2.45) is 0 Å². The molecular formula is C16H14N2O2S. The predicted molar refractivity (Wildman–Crippen MR) is 82.9 cm³/mol. The number of carboxylic acid groups (broad SMARTS) is 1. The molecule has 1 N–H and O–H groups in total. The third kappa shape index (κ3) is 2.92. The van der Waals surface area contributed by atoms with Crippen molar-refractivity contribution in [3.05, 3.63) is 65.6 Å². The zero-order valence-corrected chi connectivity index (χ0v) is 12.3. The molecule has 3 aromatic rings. The predicted octanol–water partition coefficient (Wildman–Crippen LogP) is 3.63. The molecule has 4 nitrogen and oxygen atoms in total. The number of hydrogen-bond acceptors (Lipinski definition) is 3. The van der Waals surface area contributed by atoms with Crippen LogP contribution in [0.2, 0.25) is 0 Å². The normalized spacial score (nSPS) is 10.9. The van der Waals surface area contributed by atoms with Crippen LogP contribution in [-0.4, -0.2) is 20.5 Å². The largest absolute Gasteiger partial charge is 0.478 e. The second-order valence-electron chi connectivity index (χ2n) is 4.78. The molecule has 3 rings (SSSR count). The van der Waals surface area contributed by atoms with Crippen LogP contribution in [0.4, 0.5) is 0 Å². The van der Waals surface area contributed by atoms with Crippen molar-refractivity contribution >= 4 is 23.4 Å². The van der Waals surface area contributed by atoms with Gasteiger partial charge in [0.1, 0.15) is 5.65 Å². The molecule has 2 heterocycles. The highest BCUT2D eigenvalue weighted by molar-refractivity contribution is 7.98. The zero-order chi connectivity index (χ0) is 14.8. The molecule has 106 valence electrons. The Bertz CT molecular complexity index is 811. The standard InChI is InChI=1S/C16H14N2O2S/c1-11-4-3-7-18-9-13(17-15(11)18)10-21-14-6-2-5-12(8-14)16(19)20/h2-9H,10H2,1H3,(H,19,20). The molecule has 0 unspecified atom stereocenters. The van der Waals surface area contributed by atoms with Crippen LogP contribution in [0.1, 0.15) is 21.6 Å². The minimum Gasteiger partial charge on any atom is -0.478 e. The van der Waals surface area contributed by atoms with Gasteiger partial charge in [0.15, 0.2) is 0 Å². The monoisotopic (exact) mass is 298 g/mol. The lowest BCUT2D eigenvalue weighted by molar-refractivity contribution is 0.0696. The number of carboxylic acids is 1. The van der Waals surface area contributed by atoms with Gasteiger partial charge < -0.3 is 9.51 Å². The number of nitrogens with zero attached hydrogens (tertiary/aromatic N) is 2. The van der Waals surface area contributed by atoms with E-state index < -0.39 is 5.97 Å². The third-order valence-corrected chi connectivity index (χ3v) is 4.22. The molecule has 5 heteroatoms. The van der Waals surface area contributed by atoms with Crippen LogP contribution in [0.15, 0.2) is 53.7 Å². The van der Waals surface area contributed by atoms with E-state index in [2.05, 4.69) is 4.98 Å². The third-order valence-electron chi connectivity index (χ3n) is 3.20. The highest BCUT2D eigenvalue weighted by atomic mass is 32.2. The lowest BCUT2D eigenvalue weighted by atomic mass is 10.2. The van der Waals surface area contributed by atoms with Gasteiger partial charge in [-0.1, -0.05) is 12.1 Å². The minimum atomic E-state index is -0.902. The molecule has 0 aliphatic rings. The molecule has 0 saturated carbocycles. The molecule has 0 amide bonds. The van der Waals surface area contributed by atoms with Gasteiger partial charge in [-0.2, -0.15) is 0 Å². The zero-order valence-electron chi connectivity index (χ0n) is 11.5. The van der Waals surface area contributed by atoms with E-state index in [9.17, 15) is 4.79 Å². The number of aromatic carboxylic acids is 1. The molecule has 0 saturated heterocycles. The lowest BCUT2D eigenvalue weighted by Crippen LogP contribution is -1.95. The van der Waals surface area contributed by atoms with Gasteiger partial charge in [-0.3, -0.25) is 0 Å². The molecule has 0 fully saturated rings. The maximum atomic E-state index is 11.0. The van der Waals surface area contributed by atoms with E-state index >= 15 is 0 Å². The molecule has 0 atom stereocenters. The number of pyridine rings is 1. The summed E-state index contributed by atoms with van der Waals surface area (Å²) < 4.78 is 2.01. The number of hydrogen-bond donors (Lipinski definition) is 1. The highest BCUT2D eigenvalue weighted by Gasteiger charge is 2.06. The summed E-state index contributed by atoms with van der Waals surface area (Å²) in [5.74, 6) is -0.190. The average molecular weight is 298 g/mol. The first-order valence-corrected chi connectivity index (χ1v) is 7.51. The van der Waals surface area contributed by atoms with E-state index in [4.69, 9.17) is 5.11 Å². The number of benzene rings is 1. The number of carbonyl (C=O) groups is 1. The molecule has 1 aromatic carbocycles. The summed E-state index contributed by atoms with van der Waals surface area (Å²) >= 11 is 1.59. The number of aromatic nitrogens is 2. The Morgan fingerprint density at radius 1 is 1.33 bits per heavy atom. The highest BCUT2D eigenvalue weighted by Crippen LogP contribution is 2.24. The quantitative estimate of drug-likeness (QED) is 0.747. The summed E-state index contributed by atoms with van der Waals surface area (Å²) in [4.78, 5) is 16.5. The lowest BCUT2D eigenvalue weighted by Gasteiger charge is -2.00. The van der Waals surface area contributed by atoms with Crippen molar-refractivity contribution in [2.45, 2.75) is 17.6 Å². The van der Waals surface area contributed by atoms with Gasteiger partial charge in [0.2, 0.25) is 0 Å². The van der Waals surface area contributed by atoms with E-state index in [0.29, 0.717) is 11.3 Å². The molecular weight excluding hydrogens is 284 g/mol. The molecule has 0 aliphatic carbocycles. The van der Waals surface area contributed by atoms with Gasteiger partial charge in [0.05, 0.1) is 11.3 Å². The summed E-state index contributed by atoms with van der Waals surface area (Å²) in [6.07, 6.45) is 3.99. The number of fused-ring (bicyclic) bond motifs is 1. The van der Waals surface area contributed by atoms with E-state index in [1.54, 1.807) is 30.0 Å². The van der Waals surface area contributed by atoms with Crippen molar-refractivity contribution in [3.8, 4) is 0 Å². The van der Waals surface area contributed by atoms with Gasteiger partial charge in [-0.15, -0.1) is 11.8 Å². The Morgan fingerprint density at radius 2 is 2.19 bits per heavy atom. The minimum absolute atomic E-state index is 0.311. The fourth-order valence-electron chi connectivity index (χ4n) is 2.15. The Kier molecular flexibility index (Phi) is 3.66. The number of thioether (sulfide) groups is 1. The van der Waals surface area contributed by atoms with Crippen LogP contribution < -0.4 is 0 Å². The van der Waals surface area contributed by atoms with Crippen LogP contribution in [0.25, 0.3) is 5.65 Å². The smallest absolute Gasteiger partial charge is 0.335 e. The van der Waals surface area contributed by atoms with Gasteiger partial charge in [-0.05, 0) is 36.8 Å². The van der Waals surface area contributed by atoms with Gasteiger partial charge in [-0.25, -0.2) is 9.78 Å². The number of rotatable bonds is 4. The van der Waals surface area contributed by atoms with Gasteiger partial charge in [0.25, 0.3) is 0 Å². The van der Waals surface area contributed by atoms with Crippen molar-refractivity contribution in [1.29, 1.82) is 0 Å². The first kappa shape index (κ1) is 13.7. The first-order chi connectivity index (χ1) is 10.1. The van der Waals surface area contributed by atoms with E-state index in [1.165, 1.54) is 0 Å². The van der Waals surface area contributed by atoms with E-state index in [0.717, 1.165) is 21.8 Å². The summed E-state index contributed by atoms with van der Waals surface area (Å²) in [7, 11) is 0. The molecule has 0 aliphatic heterocycles. The molecule has 0 bridgehead atoms. The average Bonchev–Trinajstić information content (AvgIpc) is 2.90. The Labute approximate surface area is 126 Å². The van der Waals surface area contributed by atoms with Crippen LogP contribution in [-0.2, 0) is 5.75 Å². The summed E-state index contributed by atoms with van der Waals surface area (Å²) in [6, 6.07) is 11.0. The fraction of sp³-hybridized carbons (Fsp3) is 0.125. The second kappa shape index (κ2) is 5.61. The van der Waals surface area contributed by atoms with Gasteiger partial charge in [0, 0.05) is 23.0 Å². The molecule has 0 spiro atoms. The maximum Gasteiger partial charge on any atom is 0.335 e. The maximum absolute atomic E-state index is 11.0. The van der Waals surface area contributed by atoms with E-state index in [-0.39, 0.29) is 0 Å². The summed E-state index contributed by atoms with van der Waals surface area (Å²) in [5, 5.41) is 9.00. The van der Waals surface area contributed by atoms with Crippen molar-refractivity contribution in [3.63, 3.8) is 0 Å². The number of imidazole rings is 1. The van der Waals surface area contributed by atoms with Gasteiger partial charge >= 0.3 is 5.97 Å². The first-order valence-electron chi connectivity index (χ1n) is 6.53. The summed E-state index contributed by atoms with van der Waals surface area (Å²) in [5.41, 5.74) is 3.40. The Morgan fingerprint density at radius 3 is 2.95 bits per heavy atom. The fourth-order valence-corrected chi connectivity index (χ4v) is 2.99. The Hall–Kier alpha value is -2.27. The van der Waals surface area contributed by atoms with Crippen LogP contribution >= 0.6 is 11.8 Å². The molecule has 2 aromatic heterocycles. The molecule has 21 heavy (non-hydrogen) atoms. The van der Waals surface area contributed by atoms with Crippen molar-refractivity contribution < 1.29 is 9.90 Å². The van der Waals surface area contributed by atoms with E-state index in [1.807, 2.05) is 41.9 Å². The van der Waals surface area contributed by atoms with Crippen LogP contribution in [0.3, 0.4) is 0 Å². The number of aryl methyl sites for hydroxylation is 1. The topological polar surface area (TPSA) is 54.6 Å². The SMILES string of the molecule is Cc1cccn2cc(CSc3cccc(C(=O)O)c3)nc12. The molecule has 0 radical (unpaired) electrons. The second-order valence-corrected chi connectivity index (χ2v) is 5.82. The van der Waals surface area contributed by atoms with Crippen molar-refractivity contribution in [2.75, 3.05) is 0 Å². The Balaban J connectivity index is 1.78. The summed E-state index contributed by atoms with van der Waals surface area (Å²) in [6.45, 7) is 2.04. The van der Waals surface area contributed by atoms with Crippen molar-refractivity contribution in [1.82, 2.24) is 9.38 Å². The van der Waals surface area contributed by atoms with Crippen LogP contribution in [0.5, 0.6) is 0 Å².